The summed E-state index contributed by atoms with van der Waals surface area (Å²) in [6.07, 6.45) is 0.540. The number of ether oxygens (including phenoxy) is 1. The number of hydrogen-bond donors (Lipinski definition) is 2. The Morgan fingerprint density at radius 1 is 1.24 bits per heavy atom. The van der Waals surface area contributed by atoms with Gasteiger partial charge in [0.15, 0.2) is 6.04 Å². The van der Waals surface area contributed by atoms with Crippen molar-refractivity contribution >= 4 is 16.0 Å². The van der Waals surface area contributed by atoms with Crippen molar-refractivity contribution in [3.05, 3.63) is 59.9 Å². The molecule has 9 heteroatoms. The van der Waals surface area contributed by atoms with Crippen LogP contribution in [0.25, 0.3) is 0 Å². The molecule has 2 aromatic carbocycles. The van der Waals surface area contributed by atoms with Crippen molar-refractivity contribution in [1.29, 1.82) is 0 Å². The highest BCUT2D eigenvalue weighted by Crippen LogP contribution is 2.32. The van der Waals surface area contributed by atoms with Crippen LogP contribution < -0.4 is 4.74 Å². The lowest BCUT2D eigenvalue weighted by Crippen LogP contribution is -2.60. The third-order valence-corrected chi connectivity index (χ3v) is 6.83. The number of hydrogen-bond acceptors (Lipinski definition) is 5. The Morgan fingerprint density at radius 2 is 1.90 bits per heavy atom. The molecular formula is C20H22FNO6S. The lowest BCUT2D eigenvalue weighted by atomic mass is 9.88. The van der Waals surface area contributed by atoms with Gasteiger partial charge in [-0.15, -0.1) is 0 Å². The molecule has 1 heterocycles. The van der Waals surface area contributed by atoms with Gasteiger partial charge in [0.25, 0.3) is 0 Å². The molecule has 1 aliphatic rings. The minimum Gasteiger partial charge on any atom is -0.489 e. The van der Waals surface area contributed by atoms with Crippen LogP contribution in [0.3, 0.4) is 0 Å². The van der Waals surface area contributed by atoms with Crippen molar-refractivity contribution in [3.8, 4) is 5.75 Å². The number of carboxylic acid groups (broad SMARTS) is 1. The molecule has 1 saturated heterocycles. The van der Waals surface area contributed by atoms with E-state index in [0.29, 0.717) is 17.7 Å². The summed E-state index contributed by atoms with van der Waals surface area (Å²) in [6, 6.07) is 10.0. The fraction of sp³-hybridized carbons (Fsp3) is 0.350. The highest BCUT2D eigenvalue weighted by molar-refractivity contribution is 7.89. The Balaban J connectivity index is 1.79. The normalized spacial score (nSPS) is 22.9. The summed E-state index contributed by atoms with van der Waals surface area (Å²) in [5.41, 5.74) is -1.30. The Labute approximate surface area is 168 Å². The zero-order valence-corrected chi connectivity index (χ0v) is 16.6. The summed E-state index contributed by atoms with van der Waals surface area (Å²) in [7, 11) is -4.14. The average Bonchev–Trinajstić information content (AvgIpc) is 2.66. The van der Waals surface area contributed by atoms with E-state index in [1.165, 1.54) is 37.3 Å². The van der Waals surface area contributed by atoms with Gasteiger partial charge in [-0.2, -0.15) is 4.31 Å². The van der Waals surface area contributed by atoms with Gasteiger partial charge in [0.2, 0.25) is 10.0 Å². The van der Waals surface area contributed by atoms with Crippen LogP contribution in [0.4, 0.5) is 4.39 Å². The standard InChI is InChI=1S/C20H22FNO6S/c1-20(25)11-4-12-22(18(20)19(23)24)29(26,27)16-9-7-15(8-10-16)28-13-14-5-2-3-6-17(14)21/h2-3,5-10,18,25H,4,11-13H2,1H3,(H,23,24). The number of aliphatic carboxylic acids is 1. The molecule has 2 aromatic rings. The van der Waals surface area contributed by atoms with E-state index < -0.39 is 33.5 Å². The van der Waals surface area contributed by atoms with Crippen LogP contribution in [0.2, 0.25) is 0 Å². The zero-order valence-electron chi connectivity index (χ0n) is 15.8. The summed E-state index contributed by atoms with van der Waals surface area (Å²) in [5.74, 6) is -1.46. The molecule has 29 heavy (non-hydrogen) atoms. The first-order valence-electron chi connectivity index (χ1n) is 9.06. The molecule has 0 aliphatic carbocycles. The van der Waals surface area contributed by atoms with E-state index in [2.05, 4.69) is 0 Å². The van der Waals surface area contributed by atoms with Crippen LogP contribution in [-0.4, -0.2) is 47.1 Å². The molecule has 2 N–H and O–H groups in total. The van der Waals surface area contributed by atoms with Gasteiger partial charge in [-0.25, -0.2) is 12.8 Å². The topological polar surface area (TPSA) is 104 Å². The number of piperidine rings is 1. The maximum Gasteiger partial charge on any atom is 0.325 e. The van der Waals surface area contributed by atoms with E-state index in [4.69, 9.17) is 4.74 Å². The Morgan fingerprint density at radius 3 is 2.52 bits per heavy atom. The maximum atomic E-state index is 13.7. The lowest BCUT2D eigenvalue weighted by Gasteiger charge is -2.41. The number of sulfonamides is 1. The molecule has 0 saturated carbocycles. The second-order valence-corrected chi connectivity index (χ2v) is 9.06. The second-order valence-electron chi connectivity index (χ2n) is 7.17. The summed E-state index contributed by atoms with van der Waals surface area (Å²) < 4.78 is 45.9. The highest BCUT2D eigenvalue weighted by atomic mass is 32.2. The number of carboxylic acids is 1. The number of nitrogens with zero attached hydrogens (tertiary/aromatic N) is 1. The van der Waals surface area contributed by atoms with E-state index in [-0.39, 0.29) is 24.5 Å². The highest BCUT2D eigenvalue weighted by Gasteiger charge is 2.49. The van der Waals surface area contributed by atoms with Gasteiger partial charge in [0.1, 0.15) is 18.2 Å². The van der Waals surface area contributed by atoms with Crippen molar-refractivity contribution in [1.82, 2.24) is 4.31 Å². The average molecular weight is 423 g/mol. The van der Waals surface area contributed by atoms with E-state index in [9.17, 15) is 27.8 Å². The Kier molecular flexibility index (Phi) is 5.92. The molecule has 7 nitrogen and oxygen atoms in total. The number of benzene rings is 2. The van der Waals surface area contributed by atoms with Gasteiger partial charge in [-0.05, 0) is 50.1 Å². The first-order valence-corrected chi connectivity index (χ1v) is 10.5. The molecule has 3 rings (SSSR count). The van der Waals surface area contributed by atoms with Gasteiger partial charge in [0, 0.05) is 12.1 Å². The summed E-state index contributed by atoms with van der Waals surface area (Å²) in [4.78, 5) is 11.5. The molecule has 0 bridgehead atoms. The van der Waals surface area contributed by atoms with E-state index in [1.807, 2.05) is 0 Å². The van der Waals surface area contributed by atoms with Crippen molar-refractivity contribution < 1.29 is 32.6 Å². The predicted octanol–water partition coefficient (Wildman–Crippen LogP) is 2.39. The molecule has 156 valence electrons. The first kappa shape index (κ1) is 21.2. The van der Waals surface area contributed by atoms with Crippen LogP contribution in [0.1, 0.15) is 25.3 Å². The molecule has 1 fully saturated rings. The van der Waals surface area contributed by atoms with Crippen molar-refractivity contribution in [3.63, 3.8) is 0 Å². The zero-order chi connectivity index (χ0) is 21.2. The van der Waals surface area contributed by atoms with Crippen LogP contribution >= 0.6 is 0 Å². The molecule has 0 aromatic heterocycles. The molecular weight excluding hydrogens is 401 g/mol. The minimum absolute atomic E-state index is 0.000978. The SMILES string of the molecule is CC1(O)CCCN(S(=O)(=O)c2ccc(OCc3ccccc3F)cc2)C1C(=O)O. The first-order chi connectivity index (χ1) is 13.6. The minimum atomic E-state index is -4.14. The monoisotopic (exact) mass is 423 g/mol. The van der Waals surface area contributed by atoms with Crippen molar-refractivity contribution in [2.75, 3.05) is 6.54 Å². The second kappa shape index (κ2) is 8.10. The number of rotatable bonds is 6. The summed E-state index contributed by atoms with van der Waals surface area (Å²) in [6.45, 7) is 1.31. The van der Waals surface area contributed by atoms with E-state index >= 15 is 0 Å². The predicted molar refractivity (Wildman–Crippen MR) is 102 cm³/mol. The van der Waals surface area contributed by atoms with Gasteiger partial charge in [-0.1, -0.05) is 18.2 Å². The maximum absolute atomic E-state index is 13.7. The van der Waals surface area contributed by atoms with Gasteiger partial charge in [0.05, 0.1) is 10.5 Å². The Hall–Kier alpha value is -2.49. The van der Waals surface area contributed by atoms with Crippen LogP contribution in [0.15, 0.2) is 53.4 Å². The smallest absolute Gasteiger partial charge is 0.325 e. The third kappa shape index (κ3) is 4.42. The largest absolute Gasteiger partial charge is 0.489 e. The number of aliphatic hydroxyl groups is 1. The molecule has 0 spiro atoms. The quantitative estimate of drug-likeness (QED) is 0.739. The lowest BCUT2D eigenvalue weighted by molar-refractivity contribution is -0.153. The van der Waals surface area contributed by atoms with Crippen LogP contribution in [-0.2, 0) is 21.4 Å². The summed E-state index contributed by atoms with van der Waals surface area (Å²) >= 11 is 0. The fourth-order valence-corrected chi connectivity index (χ4v) is 5.15. The van der Waals surface area contributed by atoms with Gasteiger partial charge in [-0.3, -0.25) is 4.79 Å². The van der Waals surface area contributed by atoms with E-state index in [1.54, 1.807) is 18.2 Å². The molecule has 1 aliphatic heterocycles. The number of halogens is 1. The van der Waals surface area contributed by atoms with Crippen molar-refractivity contribution in [2.24, 2.45) is 0 Å². The number of carbonyl (C=O) groups is 1. The van der Waals surface area contributed by atoms with Crippen LogP contribution in [0, 0.1) is 5.82 Å². The van der Waals surface area contributed by atoms with E-state index in [0.717, 1.165) is 4.31 Å². The molecule has 2 atom stereocenters. The fourth-order valence-electron chi connectivity index (χ4n) is 3.44. The third-order valence-electron chi connectivity index (χ3n) is 4.95. The molecule has 0 amide bonds. The van der Waals surface area contributed by atoms with Crippen molar-refractivity contribution in [2.45, 2.75) is 42.9 Å². The Bertz CT molecular complexity index is 990. The van der Waals surface area contributed by atoms with Gasteiger partial charge >= 0.3 is 5.97 Å². The summed E-state index contributed by atoms with van der Waals surface area (Å²) in [5, 5.41) is 19.9. The van der Waals surface area contributed by atoms with Gasteiger partial charge < -0.3 is 14.9 Å². The molecule has 0 radical (unpaired) electrons. The molecule has 2 unspecified atom stereocenters. The van der Waals surface area contributed by atoms with Crippen LogP contribution in [0.5, 0.6) is 5.75 Å².